The number of fused-ring (bicyclic) bond motifs is 1. The fraction of sp³-hybridized carbons (Fsp3) is 0.250. The Kier molecular flexibility index (Phi) is 7.20. The van der Waals surface area contributed by atoms with Crippen molar-refractivity contribution in [1.29, 1.82) is 5.26 Å². The number of hydrogen-bond acceptors (Lipinski definition) is 7. The van der Waals surface area contributed by atoms with Gasteiger partial charge in [-0.05, 0) is 54.7 Å². The molecule has 7 nitrogen and oxygen atoms in total. The Morgan fingerprint density at radius 2 is 1.84 bits per heavy atom. The predicted molar refractivity (Wildman–Crippen MR) is 157 cm³/mol. The minimum Gasteiger partial charge on any atom is -0.377 e. The molecule has 1 aliphatic carbocycles. The van der Waals surface area contributed by atoms with Crippen molar-refractivity contribution >= 4 is 22.3 Å². The van der Waals surface area contributed by atoms with E-state index in [4.69, 9.17) is 0 Å². The van der Waals surface area contributed by atoms with Crippen molar-refractivity contribution in [2.24, 2.45) is 0 Å². The highest BCUT2D eigenvalue weighted by atomic mass is 19.4. The lowest BCUT2D eigenvalue weighted by molar-refractivity contribution is -0.136. The number of benzene rings is 3. The van der Waals surface area contributed by atoms with E-state index in [1.54, 1.807) is 6.20 Å². The minimum absolute atomic E-state index is 0.0376. The van der Waals surface area contributed by atoms with Gasteiger partial charge < -0.3 is 16.1 Å². The molecule has 0 spiro atoms. The topological polar surface area (TPSA) is 88.0 Å². The average Bonchev–Trinajstić information content (AvgIpc) is 3.75. The van der Waals surface area contributed by atoms with Crippen molar-refractivity contribution < 1.29 is 18.9 Å². The number of halogens is 4. The molecule has 2 atom stereocenters. The molecule has 1 aromatic heterocycles. The van der Waals surface area contributed by atoms with Crippen molar-refractivity contribution in [1.82, 2.24) is 21.0 Å². The molecule has 0 amide bonds. The van der Waals surface area contributed by atoms with Crippen molar-refractivity contribution in [2.45, 2.75) is 50.5 Å². The first-order valence-corrected chi connectivity index (χ1v) is 13.9. The van der Waals surface area contributed by atoms with Crippen LogP contribution in [0, 0.1) is 17.1 Å². The summed E-state index contributed by atoms with van der Waals surface area (Å²) in [5.74, 6) is -0.512. The molecule has 6 rings (SSSR count). The zero-order chi connectivity index (χ0) is 31.1. The molecule has 11 heteroatoms. The molecule has 1 fully saturated rings. The maximum absolute atomic E-state index is 14.6. The molecule has 0 saturated heterocycles. The molecule has 43 heavy (non-hydrogen) atoms. The van der Waals surface area contributed by atoms with Crippen LogP contribution < -0.4 is 21.6 Å². The van der Waals surface area contributed by atoms with Crippen LogP contribution >= 0.6 is 0 Å². The summed E-state index contributed by atoms with van der Waals surface area (Å²) in [5, 5.41) is 18.1. The minimum atomic E-state index is -4.80. The Hall–Kier alpha value is -4.82. The Morgan fingerprint density at radius 1 is 1.09 bits per heavy atom. The van der Waals surface area contributed by atoms with E-state index in [9.17, 15) is 24.2 Å². The molecule has 220 valence electrons. The van der Waals surface area contributed by atoms with Gasteiger partial charge in [-0.15, -0.1) is 5.53 Å². The maximum Gasteiger partial charge on any atom is 0.418 e. The van der Waals surface area contributed by atoms with Crippen LogP contribution in [0.1, 0.15) is 61.9 Å². The lowest BCUT2D eigenvalue weighted by Gasteiger charge is -2.24. The Morgan fingerprint density at radius 3 is 2.49 bits per heavy atom. The van der Waals surface area contributed by atoms with Gasteiger partial charge in [0.25, 0.3) is 0 Å². The molecule has 1 unspecified atom stereocenters. The second kappa shape index (κ2) is 11.5. The van der Waals surface area contributed by atoms with Gasteiger partial charge in [-0.1, -0.05) is 49.4 Å². The second-order valence-electron chi connectivity index (χ2n) is 10.5. The summed E-state index contributed by atoms with van der Waals surface area (Å²) in [4.78, 5) is 4.06. The molecule has 2 heterocycles. The molecule has 4 aromatic rings. The van der Waals surface area contributed by atoms with E-state index in [2.05, 4.69) is 32.6 Å². The molecule has 4 N–H and O–H groups in total. The summed E-state index contributed by atoms with van der Waals surface area (Å²) in [6, 6.07) is 17.1. The SMILES string of the molecule is [2H]C(Nc1cc(C(F)(F)F)c2ncc(C#N)c(N[C@H](CC)c3ccccc3)c2c1)(C1=CN(C2CC2)NN1)c1ccc(F)cc1. The lowest BCUT2D eigenvalue weighted by Crippen LogP contribution is -2.38. The van der Waals surface area contributed by atoms with Crippen LogP contribution in [-0.2, 0) is 6.18 Å². The zero-order valence-corrected chi connectivity index (χ0v) is 23.1. The van der Waals surface area contributed by atoms with Gasteiger partial charge in [0, 0.05) is 29.5 Å². The summed E-state index contributed by atoms with van der Waals surface area (Å²) in [6.45, 7) is 1.94. The highest BCUT2D eigenvalue weighted by molar-refractivity contribution is 5.98. The first-order chi connectivity index (χ1) is 21.1. The monoisotopic (exact) mass is 588 g/mol. The van der Waals surface area contributed by atoms with Crippen LogP contribution in [0.5, 0.6) is 0 Å². The van der Waals surface area contributed by atoms with Crippen LogP contribution in [0.2, 0.25) is 0 Å². The molecule has 0 radical (unpaired) electrons. The zero-order valence-electron chi connectivity index (χ0n) is 24.1. The Labute approximate surface area is 247 Å². The summed E-state index contributed by atoms with van der Waals surface area (Å²) in [7, 11) is 0. The van der Waals surface area contributed by atoms with E-state index in [1.165, 1.54) is 30.3 Å². The van der Waals surface area contributed by atoms with Crippen LogP contribution in [0.3, 0.4) is 0 Å². The van der Waals surface area contributed by atoms with E-state index in [0.29, 0.717) is 17.7 Å². The van der Waals surface area contributed by atoms with Gasteiger partial charge in [-0.2, -0.15) is 18.4 Å². The molecular formula is C32H29F4N7. The van der Waals surface area contributed by atoms with E-state index in [1.807, 2.05) is 42.3 Å². The highest BCUT2D eigenvalue weighted by Crippen LogP contribution is 2.41. The van der Waals surface area contributed by atoms with Crippen LogP contribution in [0.4, 0.5) is 28.9 Å². The van der Waals surface area contributed by atoms with E-state index in [0.717, 1.165) is 30.7 Å². The molecule has 1 saturated carbocycles. The van der Waals surface area contributed by atoms with Crippen LogP contribution in [-0.4, -0.2) is 16.0 Å². The summed E-state index contributed by atoms with van der Waals surface area (Å²) in [6.07, 6.45) is 0.545. The molecule has 0 bridgehead atoms. The smallest absolute Gasteiger partial charge is 0.377 e. The fourth-order valence-corrected chi connectivity index (χ4v) is 5.17. The normalized spacial score (nSPS) is 17.3. The third-order valence-corrected chi connectivity index (χ3v) is 7.53. The van der Waals surface area contributed by atoms with Crippen molar-refractivity contribution in [3.05, 3.63) is 113 Å². The average molecular weight is 589 g/mol. The number of aromatic nitrogens is 1. The van der Waals surface area contributed by atoms with E-state index in [-0.39, 0.29) is 39.9 Å². The van der Waals surface area contributed by atoms with Gasteiger partial charge in [0.15, 0.2) is 0 Å². The van der Waals surface area contributed by atoms with Gasteiger partial charge in [0.2, 0.25) is 0 Å². The number of nitriles is 1. The van der Waals surface area contributed by atoms with Crippen molar-refractivity contribution in [3.8, 4) is 6.07 Å². The Balaban J connectivity index is 1.51. The first-order valence-electron chi connectivity index (χ1n) is 14.4. The molecule has 2 aliphatic rings. The van der Waals surface area contributed by atoms with Crippen molar-refractivity contribution in [3.63, 3.8) is 0 Å². The number of anilines is 2. The number of rotatable bonds is 9. The number of alkyl halides is 3. The molecule has 3 aromatic carbocycles. The van der Waals surface area contributed by atoms with Gasteiger partial charge in [-0.25, -0.2) is 4.39 Å². The van der Waals surface area contributed by atoms with Crippen molar-refractivity contribution in [2.75, 3.05) is 10.6 Å². The molecule has 1 aliphatic heterocycles. The fourth-order valence-electron chi connectivity index (χ4n) is 5.17. The first kappa shape index (κ1) is 27.0. The number of pyridine rings is 1. The summed E-state index contributed by atoms with van der Waals surface area (Å²) >= 11 is 0. The largest absolute Gasteiger partial charge is 0.418 e. The standard InChI is InChI=1S/C32H29F4N7/c1-2-27(19-6-4-3-5-7-19)40-29-21(16-37)17-38-31-25(29)14-23(15-26(31)32(34,35)36)39-30(20-8-10-22(33)11-9-20)28-18-43(42-41-28)24-12-13-24/h3-11,14-15,17-18,24,27,30,39,41-42H,2,12-13H2,1H3,(H,38,40)/t27-,30?/m1/s1/i30D. The number of hydrazine groups is 2. The van der Waals surface area contributed by atoms with Gasteiger partial charge in [0.1, 0.15) is 11.9 Å². The lowest BCUT2D eigenvalue weighted by atomic mass is 9.99. The van der Waals surface area contributed by atoms with E-state index < -0.39 is 23.6 Å². The van der Waals surface area contributed by atoms with Crippen LogP contribution in [0.25, 0.3) is 10.9 Å². The summed E-state index contributed by atoms with van der Waals surface area (Å²) < 4.78 is 67.1. The van der Waals surface area contributed by atoms with Gasteiger partial charge in [0.05, 0.1) is 41.5 Å². The number of nitrogens with one attached hydrogen (secondary N) is 4. The molecular weight excluding hydrogens is 558 g/mol. The number of hydrogen-bond donors (Lipinski definition) is 4. The third kappa shape index (κ3) is 5.92. The predicted octanol–water partition coefficient (Wildman–Crippen LogP) is 7.31. The quantitative estimate of drug-likeness (QED) is 0.153. The maximum atomic E-state index is 14.6. The van der Waals surface area contributed by atoms with E-state index >= 15 is 0 Å². The Bertz CT molecular complexity index is 1750. The van der Waals surface area contributed by atoms with Gasteiger partial charge in [-0.3, -0.25) is 9.99 Å². The number of nitrogens with zero attached hydrogens (tertiary/aromatic N) is 3. The summed E-state index contributed by atoms with van der Waals surface area (Å²) in [5.41, 5.74) is 6.37. The second-order valence-corrected chi connectivity index (χ2v) is 10.5. The van der Waals surface area contributed by atoms with Crippen LogP contribution in [0.15, 0.2) is 84.8 Å². The highest BCUT2D eigenvalue weighted by Gasteiger charge is 2.36. The van der Waals surface area contributed by atoms with Gasteiger partial charge >= 0.3 is 6.18 Å². The third-order valence-electron chi connectivity index (χ3n) is 7.53.